The molecule has 5 aromatic carbocycles. The fourth-order valence-electron chi connectivity index (χ4n) is 6.96. The minimum atomic E-state index is -0.270. The fraction of sp³-hybridized carbons (Fsp3) is 0.286. The normalized spacial score (nSPS) is 13.9. The molecule has 0 aliphatic heterocycles. The first-order valence-electron chi connectivity index (χ1n) is 16.4. The smallest absolute Gasteiger partial charge is 0.0683 e. The Morgan fingerprint density at radius 2 is 0.714 bits per heavy atom. The van der Waals surface area contributed by atoms with Gasteiger partial charge in [0.1, 0.15) is 0 Å². The van der Waals surface area contributed by atoms with E-state index in [1.54, 1.807) is 0 Å². The average molecular weight is 555 g/mol. The second-order valence-corrected chi connectivity index (χ2v) is 9.22. The summed E-state index contributed by atoms with van der Waals surface area (Å²) in [5, 5.41) is 0. The van der Waals surface area contributed by atoms with Gasteiger partial charge in [-0.3, -0.25) is 0 Å². The molecule has 42 heavy (non-hydrogen) atoms. The zero-order chi connectivity index (χ0) is 30.9. The van der Waals surface area contributed by atoms with Gasteiger partial charge in [-0.05, 0) is 61.2 Å². The molecule has 0 amide bonds. The lowest BCUT2D eigenvalue weighted by molar-refractivity contribution is 0.704. The zero-order valence-corrected chi connectivity index (χ0v) is 27.5. The molecule has 0 saturated carbocycles. The van der Waals surface area contributed by atoms with Gasteiger partial charge in [-0.1, -0.05) is 184 Å². The van der Waals surface area contributed by atoms with Gasteiger partial charge in [0, 0.05) is 5.92 Å². The molecular weight excluding hydrogens is 504 g/mol. The Kier molecular flexibility index (Phi) is 11.5. The van der Waals surface area contributed by atoms with Crippen LogP contribution in [-0.2, 0) is 5.41 Å². The lowest BCUT2D eigenvalue weighted by atomic mass is 9.59. The summed E-state index contributed by atoms with van der Waals surface area (Å²) in [7, 11) is 0. The zero-order valence-electron chi connectivity index (χ0n) is 27.5. The van der Waals surface area contributed by atoms with E-state index < -0.39 is 0 Å². The molecule has 0 N–H and O–H groups in total. The van der Waals surface area contributed by atoms with Crippen LogP contribution in [0.25, 0.3) is 22.3 Å². The summed E-state index contributed by atoms with van der Waals surface area (Å²) in [6.07, 6.45) is 0. The van der Waals surface area contributed by atoms with E-state index in [1.807, 2.05) is 69.2 Å². The van der Waals surface area contributed by atoms with Crippen LogP contribution < -0.4 is 0 Å². The standard InChI is InChI=1S/C32H20.5C2H6/c1-2-13-23-20(10-1)24-15-9-19-29-31(24)30(23)25-14-5-8-18-28(25)32(29)26-16-6-3-11-21(26)22-12-4-7-17-27(22)32;5*1-2/h1-19,30H;5*1-2H3. The molecule has 5 aromatic rings. The largest absolute Gasteiger partial charge is 0.0719 e. The van der Waals surface area contributed by atoms with E-state index in [0.717, 1.165) is 0 Å². The van der Waals surface area contributed by atoms with Crippen LogP contribution in [0.15, 0.2) is 115 Å². The van der Waals surface area contributed by atoms with Gasteiger partial charge in [-0.2, -0.15) is 0 Å². The molecule has 0 fully saturated rings. The quantitative estimate of drug-likeness (QED) is 0.175. The van der Waals surface area contributed by atoms with E-state index in [1.165, 1.54) is 61.2 Å². The number of benzene rings is 5. The van der Waals surface area contributed by atoms with Gasteiger partial charge in [0.15, 0.2) is 0 Å². The SMILES string of the molecule is CC.CC.CC.CC.CC.c1ccc2c(c1)-c1cccc3c1C2c1ccccc1C31c2ccccc2-c2ccccc21. The molecule has 3 aliphatic rings. The van der Waals surface area contributed by atoms with Crippen molar-refractivity contribution in [2.75, 3.05) is 0 Å². The van der Waals surface area contributed by atoms with Gasteiger partial charge in [0.25, 0.3) is 0 Å². The van der Waals surface area contributed by atoms with Crippen molar-refractivity contribution in [3.05, 3.63) is 154 Å². The second-order valence-electron chi connectivity index (χ2n) is 9.22. The summed E-state index contributed by atoms with van der Waals surface area (Å²) in [5.74, 6) is 0.305. The molecule has 0 heterocycles. The first-order chi connectivity index (χ1) is 20.9. The van der Waals surface area contributed by atoms with Crippen LogP contribution in [0, 0.1) is 0 Å². The van der Waals surface area contributed by atoms with Gasteiger partial charge in [0.05, 0.1) is 5.41 Å². The highest BCUT2D eigenvalue weighted by Gasteiger charge is 2.53. The van der Waals surface area contributed by atoms with Crippen LogP contribution in [-0.4, -0.2) is 0 Å². The first kappa shape index (κ1) is 32.6. The summed E-state index contributed by atoms with van der Waals surface area (Å²) < 4.78 is 0. The number of fused-ring (bicyclic) bond motifs is 12. The van der Waals surface area contributed by atoms with Crippen molar-refractivity contribution in [3.8, 4) is 22.3 Å². The minimum absolute atomic E-state index is 0.270. The highest BCUT2D eigenvalue weighted by Crippen LogP contribution is 2.64. The van der Waals surface area contributed by atoms with Gasteiger partial charge in [-0.15, -0.1) is 0 Å². The molecule has 0 aromatic heterocycles. The van der Waals surface area contributed by atoms with Crippen molar-refractivity contribution in [3.63, 3.8) is 0 Å². The maximum Gasteiger partial charge on any atom is 0.0719 e. The van der Waals surface area contributed by atoms with Crippen LogP contribution in [0.3, 0.4) is 0 Å². The Balaban J connectivity index is 0.000000443. The average Bonchev–Trinajstić information content (AvgIpc) is 3.60. The van der Waals surface area contributed by atoms with Crippen LogP contribution in [0.4, 0.5) is 0 Å². The van der Waals surface area contributed by atoms with E-state index in [9.17, 15) is 0 Å². The van der Waals surface area contributed by atoms with Crippen molar-refractivity contribution < 1.29 is 0 Å². The second kappa shape index (κ2) is 14.8. The van der Waals surface area contributed by atoms with Gasteiger partial charge >= 0.3 is 0 Å². The molecule has 8 rings (SSSR count). The van der Waals surface area contributed by atoms with Crippen molar-refractivity contribution in [1.29, 1.82) is 0 Å². The Morgan fingerprint density at radius 1 is 0.333 bits per heavy atom. The topological polar surface area (TPSA) is 0 Å². The van der Waals surface area contributed by atoms with E-state index in [0.29, 0.717) is 5.92 Å². The molecule has 1 atom stereocenters. The third kappa shape index (κ3) is 4.62. The number of hydrogen-bond donors (Lipinski definition) is 0. The molecule has 0 saturated heterocycles. The molecule has 0 bridgehead atoms. The lowest BCUT2D eigenvalue weighted by Gasteiger charge is -2.42. The van der Waals surface area contributed by atoms with Crippen molar-refractivity contribution in [2.24, 2.45) is 0 Å². The Bertz CT molecular complexity index is 1540. The molecular formula is C42H50. The first-order valence-corrected chi connectivity index (χ1v) is 16.4. The van der Waals surface area contributed by atoms with Crippen LogP contribution >= 0.6 is 0 Å². The van der Waals surface area contributed by atoms with Crippen molar-refractivity contribution in [1.82, 2.24) is 0 Å². The summed E-state index contributed by atoms with van der Waals surface area (Å²) in [6, 6.07) is 43.3. The molecule has 218 valence electrons. The van der Waals surface area contributed by atoms with Crippen molar-refractivity contribution >= 4 is 0 Å². The van der Waals surface area contributed by atoms with E-state index in [2.05, 4.69) is 115 Å². The summed E-state index contributed by atoms with van der Waals surface area (Å²) in [5.41, 5.74) is 15.4. The predicted molar refractivity (Wildman–Crippen MR) is 187 cm³/mol. The van der Waals surface area contributed by atoms with Gasteiger partial charge in [-0.25, -0.2) is 0 Å². The molecule has 3 aliphatic carbocycles. The Hall–Kier alpha value is -3.90. The Labute approximate surface area is 256 Å². The van der Waals surface area contributed by atoms with Crippen molar-refractivity contribution in [2.45, 2.75) is 80.6 Å². The number of rotatable bonds is 0. The molecule has 0 heteroatoms. The lowest BCUT2D eigenvalue weighted by Crippen LogP contribution is -2.35. The summed E-state index contributed by atoms with van der Waals surface area (Å²) in [6.45, 7) is 20.0. The highest BCUT2D eigenvalue weighted by atomic mass is 14.5. The van der Waals surface area contributed by atoms with E-state index in [4.69, 9.17) is 0 Å². The van der Waals surface area contributed by atoms with E-state index in [-0.39, 0.29) is 5.41 Å². The maximum atomic E-state index is 2.40. The molecule has 1 spiro atoms. The maximum absolute atomic E-state index is 2.40. The Morgan fingerprint density at radius 3 is 1.26 bits per heavy atom. The number of hydrogen-bond acceptors (Lipinski definition) is 0. The molecule has 0 radical (unpaired) electrons. The molecule has 1 unspecified atom stereocenters. The predicted octanol–water partition coefficient (Wildman–Crippen LogP) is 12.7. The monoisotopic (exact) mass is 554 g/mol. The summed E-state index contributed by atoms with van der Waals surface area (Å²) >= 11 is 0. The minimum Gasteiger partial charge on any atom is -0.0683 e. The third-order valence-electron chi connectivity index (χ3n) is 7.99. The van der Waals surface area contributed by atoms with Gasteiger partial charge < -0.3 is 0 Å². The fourth-order valence-corrected chi connectivity index (χ4v) is 6.96. The van der Waals surface area contributed by atoms with Crippen LogP contribution in [0.2, 0.25) is 0 Å². The summed E-state index contributed by atoms with van der Waals surface area (Å²) in [4.78, 5) is 0. The van der Waals surface area contributed by atoms with Crippen LogP contribution in [0.1, 0.15) is 114 Å². The third-order valence-corrected chi connectivity index (χ3v) is 7.99. The highest BCUT2D eigenvalue weighted by molar-refractivity contribution is 5.92. The molecule has 0 nitrogen and oxygen atoms in total. The van der Waals surface area contributed by atoms with Gasteiger partial charge in [0.2, 0.25) is 0 Å². The van der Waals surface area contributed by atoms with E-state index >= 15 is 0 Å². The van der Waals surface area contributed by atoms with Crippen LogP contribution in [0.5, 0.6) is 0 Å².